The second-order valence-corrected chi connectivity index (χ2v) is 8.21. The molecule has 0 heterocycles. The maximum atomic E-state index is 12.9. The molecule has 0 fully saturated rings. The molecule has 8 nitrogen and oxygen atoms in total. The number of hydrogen-bond donors (Lipinski definition) is 0. The van der Waals surface area contributed by atoms with E-state index in [2.05, 4.69) is 20.5 Å². The standard InChI is InChI=1S/C26H18N4O4/c1-13-7-3-5-9-19(13)27-29-21-23(31)15-11-17-18(12-16(15)24(21)32)26(34)22(25(17)33)30-28-20-10-6-4-8-14(20)2/h3-12,21-22H,1-2H3. The molecule has 0 amide bonds. The Kier molecular flexibility index (Phi) is 5.13. The van der Waals surface area contributed by atoms with Crippen molar-refractivity contribution < 1.29 is 19.2 Å². The number of hydrogen-bond acceptors (Lipinski definition) is 8. The number of Topliss-reactive ketones (excluding diaryl/α,β-unsaturated/α-hetero) is 4. The van der Waals surface area contributed by atoms with Gasteiger partial charge in [0.1, 0.15) is 0 Å². The molecule has 166 valence electrons. The van der Waals surface area contributed by atoms with Gasteiger partial charge in [-0.1, -0.05) is 36.4 Å². The first-order valence-corrected chi connectivity index (χ1v) is 10.6. The number of carbonyl (C=O) groups excluding carboxylic acids is 4. The van der Waals surface area contributed by atoms with Crippen LogP contribution in [0, 0.1) is 13.8 Å². The van der Waals surface area contributed by atoms with Crippen LogP contribution in [0.15, 0.2) is 81.1 Å². The zero-order valence-electron chi connectivity index (χ0n) is 18.4. The minimum absolute atomic E-state index is 0.0649. The fourth-order valence-corrected chi connectivity index (χ4v) is 4.04. The third-order valence-corrected chi connectivity index (χ3v) is 6.01. The third-order valence-electron chi connectivity index (χ3n) is 6.01. The largest absolute Gasteiger partial charge is 0.291 e. The van der Waals surface area contributed by atoms with Crippen LogP contribution in [0.1, 0.15) is 52.6 Å². The number of benzene rings is 3. The number of azo groups is 2. The predicted octanol–water partition coefficient (Wildman–Crippen LogP) is 5.37. The van der Waals surface area contributed by atoms with Gasteiger partial charge in [0, 0.05) is 22.3 Å². The summed E-state index contributed by atoms with van der Waals surface area (Å²) < 4.78 is 0. The fraction of sp³-hybridized carbons (Fsp3) is 0.154. The van der Waals surface area contributed by atoms with Crippen LogP contribution < -0.4 is 0 Å². The van der Waals surface area contributed by atoms with Crippen LogP contribution in [0.4, 0.5) is 11.4 Å². The van der Waals surface area contributed by atoms with Crippen LogP contribution in [0.25, 0.3) is 0 Å². The number of nitrogens with zero attached hydrogens (tertiary/aromatic N) is 4. The van der Waals surface area contributed by atoms with Crippen molar-refractivity contribution >= 4 is 34.5 Å². The van der Waals surface area contributed by atoms with Crippen LogP contribution in [-0.2, 0) is 0 Å². The monoisotopic (exact) mass is 450 g/mol. The van der Waals surface area contributed by atoms with Gasteiger partial charge in [0.2, 0.25) is 0 Å². The van der Waals surface area contributed by atoms with E-state index in [1.807, 2.05) is 38.1 Å². The zero-order chi connectivity index (χ0) is 24.0. The summed E-state index contributed by atoms with van der Waals surface area (Å²) in [6, 6.07) is 14.3. The van der Waals surface area contributed by atoms with Gasteiger partial charge in [-0.3, -0.25) is 19.2 Å². The molecule has 0 saturated carbocycles. The molecular weight excluding hydrogens is 432 g/mol. The first-order chi connectivity index (χ1) is 16.4. The van der Waals surface area contributed by atoms with Crippen molar-refractivity contribution in [2.75, 3.05) is 0 Å². The second-order valence-electron chi connectivity index (χ2n) is 8.21. The van der Waals surface area contributed by atoms with E-state index in [0.29, 0.717) is 11.4 Å². The molecule has 2 aliphatic rings. The highest BCUT2D eigenvalue weighted by molar-refractivity contribution is 6.34. The van der Waals surface area contributed by atoms with Crippen LogP contribution in [-0.4, -0.2) is 35.2 Å². The quantitative estimate of drug-likeness (QED) is 0.392. The van der Waals surface area contributed by atoms with Crippen molar-refractivity contribution in [3.63, 3.8) is 0 Å². The van der Waals surface area contributed by atoms with E-state index in [-0.39, 0.29) is 22.3 Å². The van der Waals surface area contributed by atoms with E-state index < -0.39 is 35.2 Å². The summed E-state index contributed by atoms with van der Waals surface area (Å²) in [6.45, 7) is 3.69. The maximum Gasteiger partial charge on any atom is 0.197 e. The van der Waals surface area contributed by atoms with Crippen molar-refractivity contribution in [3.8, 4) is 0 Å². The molecule has 3 aromatic rings. The molecule has 0 aromatic heterocycles. The van der Waals surface area contributed by atoms with Gasteiger partial charge in [0.25, 0.3) is 0 Å². The number of carbonyl (C=O) groups is 4. The van der Waals surface area contributed by atoms with Crippen molar-refractivity contribution in [1.29, 1.82) is 0 Å². The summed E-state index contributed by atoms with van der Waals surface area (Å²) >= 11 is 0. The first-order valence-electron chi connectivity index (χ1n) is 10.6. The van der Waals surface area contributed by atoms with E-state index in [1.165, 1.54) is 12.1 Å². The Hall–Kier alpha value is -4.46. The van der Waals surface area contributed by atoms with E-state index in [4.69, 9.17) is 0 Å². The lowest BCUT2D eigenvalue weighted by molar-refractivity contribution is 0.0879. The summed E-state index contributed by atoms with van der Waals surface area (Å²) in [5.74, 6) is -2.20. The first kappa shape index (κ1) is 21.4. The molecule has 2 aliphatic carbocycles. The van der Waals surface area contributed by atoms with E-state index in [9.17, 15) is 19.2 Å². The summed E-state index contributed by atoms with van der Waals surface area (Å²) in [6.07, 6.45) is 0. The molecule has 3 aromatic carbocycles. The van der Waals surface area contributed by atoms with Crippen molar-refractivity contribution in [1.82, 2.24) is 0 Å². The molecule has 0 bridgehead atoms. The minimum atomic E-state index is -1.33. The zero-order valence-corrected chi connectivity index (χ0v) is 18.4. The number of fused-ring (bicyclic) bond motifs is 2. The highest BCUT2D eigenvalue weighted by Crippen LogP contribution is 2.34. The van der Waals surface area contributed by atoms with Gasteiger partial charge in [-0.05, 0) is 49.2 Å². The summed E-state index contributed by atoms with van der Waals surface area (Å²) in [5, 5.41) is 16.1. The Bertz CT molecular complexity index is 1310. The maximum absolute atomic E-state index is 12.9. The molecule has 0 radical (unpaired) electrons. The number of rotatable bonds is 4. The second kappa shape index (κ2) is 8.15. The highest BCUT2D eigenvalue weighted by atomic mass is 16.2. The SMILES string of the molecule is Cc1ccccc1N=NC1C(=O)c2cc3c(cc2C1=O)C(=O)C(N=Nc1ccccc1C)C3=O. The molecular formula is C26H18N4O4. The molecule has 0 aliphatic heterocycles. The lowest BCUT2D eigenvalue weighted by Crippen LogP contribution is -2.20. The molecule has 0 spiro atoms. The van der Waals surface area contributed by atoms with Gasteiger partial charge in [0.15, 0.2) is 35.2 Å². The molecule has 8 heteroatoms. The summed E-state index contributed by atoms with van der Waals surface area (Å²) in [5.41, 5.74) is 3.06. The third kappa shape index (κ3) is 3.40. The summed E-state index contributed by atoms with van der Waals surface area (Å²) in [7, 11) is 0. The Labute approximate surface area is 194 Å². The lowest BCUT2D eigenvalue weighted by Gasteiger charge is -2.01. The molecule has 0 N–H and O–H groups in total. The van der Waals surface area contributed by atoms with Crippen molar-refractivity contribution in [2.24, 2.45) is 20.5 Å². The fourth-order valence-electron chi connectivity index (χ4n) is 4.04. The Balaban J connectivity index is 1.45. The highest BCUT2D eigenvalue weighted by Gasteiger charge is 2.45. The van der Waals surface area contributed by atoms with Crippen LogP contribution >= 0.6 is 0 Å². The van der Waals surface area contributed by atoms with E-state index in [1.54, 1.807) is 24.3 Å². The van der Waals surface area contributed by atoms with E-state index >= 15 is 0 Å². The lowest BCUT2D eigenvalue weighted by atomic mass is 10.0. The minimum Gasteiger partial charge on any atom is -0.291 e. The summed E-state index contributed by atoms with van der Waals surface area (Å²) in [4.78, 5) is 51.7. The average molecular weight is 450 g/mol. The van der Waals surface area contributed by atoms with Crippen molar-refractivity contribution in [2.45, 2.75) is 25.9 Å². The van der Waals surface area contributed by atoms with Crippen LogP contribution in [0.3, 0.4) is 0 Å². The van der Waals surface area contributed by atoms with Gasteiger partial charge in [-0.15, -0.1) is 0 Å². The van der Waals surface area contributed by atoms with Crippen LogP contribution in [0.5, 0.6) is 0 Å². The molecule has 0 unspecified atom stereocenters. The van der Waals surface area contributed by atoms with Crippen molar-refractivity contribution in [3.05, 3.63) is 94.0 Å². The average Bonchev–Trinajstić information content (AvgIpc) is 3.21. The Morgan fingerprint density at radius 2 is 0.853 bits per heavy atom. The van der Waals surface area contributed by atoms with Gasteiger partial charge in [0.05, 0.1) is 11.4 Å². The van der Waals surface area contributed by atoms with Crippen LogP contribution in [0.2, 0.25) is 0 Å². The van der Waals surface area contributed by atoms with Gasteiger partial charge >= 0.3 is 0 Å². The number of aryl methyl sites for hydroxylation is 2. The van der Waals surface area contributed by atoms with Gasteiger partial charge in [-0.2, -0.15) is 20.5 Å². The van der Waals surface area contributed by atoms with E-state index in [0.717, 1.165) is 11.1 Å². The Morgan fingerprint density at radius 3 is 1.18 bits per heavy atom. The van der Waals surface area contributed by atoms with Gasteiger partial charge < -0.3 is 0 Å². The topological polar surface area (TPSA) is 118 Å². The smallest absolute Gasteiger partial charge is 0.197 e. The normalized spacial score (nSPS) is 16.3. The predicted molar refractivity (Wildman–Crippen MR) is 123 cm³/mol. The molecule has 0 atom stereocenters. The number of ketones is 4. The molecule has 34 heavy (non-hydrogen) atoms. The molecule has 5 rings (SSSR count). The van der Waals surface area contributed by atoms with Gasteiger partial charge in [-0.25, -0.2) is 0 Å². The molecule has 0 saturated heterocycles. The Morgan fingerprint density at radius 1 is 0.529 bits per heavy atom.